The maximum absolute atomic E-state index is 13.6. The summed E-state index contributed by atoms with van der Waals surface area (Å²) in [6, 6.07) is 13.3. The molecule has 0 bridgehead atoms. The lowest BCUT2D eigenvalue weighted by molar-refractivity contribution is -0.899. The number of anilines is 1. The molecule has 2 unspecified atom stereocenters. The van der Waals surface area contributed by atoms with Gasteiger partial charge in [-0.05, 0) is 29.7 Å². The van der Waals surface area contributed by atoms with Crippen LogP contribution in [0.1, 0.15) is 18.9 Å². The Hall–Kier alpha value is -3.47. The molecule has 29 heavy (non-hydrogen) atoms. The third-order valence-corrected chi connectivity index (χ3v) is 6.69. The fourth-order valence-electron chi connectivity index (χ4n) is 5.49. The maximum atomic E-state index is 13.6. The second kappa shape index (κ2) is 6.55. The fraction of sp³-hybridized carbons (Fsp3) is 0.409. The van der Waals surface area contributed by atoms with Gasteiger partial charge in [0.2, 0.25) is 11.3 Å². The maximum Gasteiger partial charge on any atom is 0.239 e. The van der Waals surface area contributed by atoms with E-state index in [9.17, 15) is 20.6 Å². The molecular weight excluding hydrogens is 364 g/mol. The molecule has 1 aromatic rings. The Labute approximate surface area is 169 Å². The predicted molar refractivity (Wildman–Crippen MR) is 105 cm³/mol. The number of fused-ring (bicyclic) bond motifs is 4. The molecule has 3 aliphatic rings. The predicted octanol–water partition coefficient (Wildman–Crippen LogP) is 0.934. The SMILES string of the molecule is CCC[NH+]1CC=C2C(C#N)C(=N)C(C#N)(C#N)[C@@]3(C(=O)Nc4ccccc43)[C@@H]2C1. The van der Waals surface area contributed by atoms with Gasteiger partial charge in [-0.3, -0.25) is 4.79 Å². The second-order valence-corrected chi connectivity index (χ2v) is 7.92. The molecular formula is C22H21N6O+. The fourth-order valence-corrected chi connectivity index (χ4v) is 5.49. The van der Waals surface area contributed by atoms with Gasteiger partial charge in [0.25, 0.3) is 0 Å². The number of hydrogen-bond acceptors (Lipinski definition) is 5. The lowest BCUT2D eigenvalue weighted by Crippen LogP contribution is -3.13. The van der Waals surface area contributed by atoms with Crippen molar-refractivity contribution in [2.75, 3.05) is 25.0 Å². The molecule has 3 N–H and O–H groups in total. The first-order chi connectivity index (χ1) is 14.0. The van der Waals surface area contributed by atoms with Gasteiger partial charge in [0.1, 0.15) is 11.3 Å². The molecule has 144 valence electrons. The van der Waals surface area contributed by atoms with Crippen LogP contribution in [0.3, 0.4) is 0 Å². The van der Waals surface area contributed by atoms with Crippen LogP contribution in [0.15, 0.2) is 35.9 Å². The first-order valence-electron chi connectivity index (χ1n) is 9.77. The van der Waals surface area contributed by atoms with Gasteiger partial charge in [-0.2, -0.15) is 15.8 Å². The molecule has 4 rings (SSSR count). The van der Waals surface area contributed by atoms with Gasteiger partial charge in [0.15, 0.2) is 0 Å². The highest BCUT2D eigenvalue weighted by atomic mass is 16.2. The Bertz CT molecular complexity index is 1050. The molecule has 0 saturated heterocycles. The molecule has 1 aliphatic carbocycles. The quantitative estimate of drug-likeness (QED) is 0.654. The van der Waals surface area contributed by atoms with Crippen molar-refractivity contribution in [1.82, 2.24) is 0 Å². The average Bonchev–Trinajstić information content (AvgIpc) is 3.03. The average molecular weight is 385 g/mol. The van der Waals surface area contributed by atoms with E-state index in [-0.39, 0.29) is 5.71 Å². The van der Waals surface area contributed by atoms with Crippen LogP contribution in [-0.4, -0.2) is 31.3 Å². The van der Waals surface area contributed by atoms with Gasteiger partial charge in [-0.15, -0.1) is 0 Å². The van der Waals surface area contributed by atoms with E-state index < -0.39 is 28.6 Å². The first kappa shape index (κ1) is 18.9. The number of nitrogens with zero attached hydrogens (tertiary/aromatic N) is 3. The van der Waals surface area contributed by atoms with E-state index in [1.165, 1.54) is 4.90 Å². The van der Waals surface area contributed by atoms with Crippen LogP contribution in [-0.2, 0) is 10.2 Å². The number of carbonyl (C=O) groups is 1. The van der Waals surface area contributed by atoms with Crippen molar-refractivity contribution in [1.29, 1.82) is 21.2 Å². The third-order valence-electron chi connectivity index (χ3n) is 6.69. The topological polar surface area (TPSA) is 129 Å². The van der Waals surface area contributed by atoms with E-state index in [1.54, 1.807) is 24.3 Å². The van der Waals surface area contributed by atoms with Gasteiger partial charge in [0.05, 0.1) is 49.5 Å². The van der Waals surface area contributed by atoms with E-state index in [0.717, 1.165) is 13.0 Å². The van der Waals surface area contributed by atoms with Crippen molar-refractivity contribution in [2.24, 2.45) is 17.3 Å². The van der Waals surface area contributed by atoms with Crippen molar-refractivity contribution >= 4 is 17.3 Å². The van der Waals surface area contributed by atoms with Gasteiger partial charge < -0.3 is 15.6 Å². The number of rotatable bonds is 2. The number of amides is 1. The van der Waals surface area contributed by atoms with Crippen LogP contribution in [0.4, 0.5) is 5.69 Å². The summed E-state index contributed by atoms with van der Waals surface area (Å²) in [7, 11) is 0. The molecule has 4 atom stereocenters. The molecule has 1 saturated carbocycles. The monoisotopic (exact) mass is 385 g/mol. The normalized spacial score (nSPS) is 31.5. The molecule has 1 fully saturated rings. The molecule has 1 aromatic carbocycles. The number of hydrogen-bond donors (Lipinski definition) is 3. The zero-order valence-corrected chi connectivity index (χ0v) is 16.1. The molecule has 0 radical (unpaired) electrons. The summed E-state index contributed by atoms with van der Waals surface area (Å²) < 4.78 is 0. The summed E-state index contributed by atoms with van der Waals surface area (Å²) in [4.78, 5) is 14.8. The van der Waals surface area contributed by atoms with Gasteiger partial charge in [-0.1, -0.05) is 25.1 Å². The Kier molecular flexibility index (Phi) is 4.26. The van der Waals surface area contributed by atoms with Crippen molar-refractivity contribution in [3.63, 3.8) is 0 Å². The Balaban J connectivity index is 2.07. The summed E-state index contributed by atoms with van der Waals surface area (Å²) in [5.74, 6) is -1.90. The van der Waals surface area contributed by atoms with Crippen LogP contribution in [0.25, 0.3) is 0 Å². The Morgan fingerprint density at radius 3 is 2.66 bits per heavy atom. The summed E-state index contributed by atoms with van der Waals surface area (Å²) in [6.45, 7) is 4.22. The smallest absolute Gasteiger partial charge is 0.239 e. The lowest BCUT2D eigenvalue weighted by atomic mass is 9.45. The van der Waals surface area contributed by atoms with Crippen LogP contribution in [0.5, 0.6) is 0 Å². The van der Waals surface area contributed by atoms with Gasteiger partial charge in [0, 0.05) is 5.69 Å². The molecule has 1 amide bonds. The second-order valence-electron chi connectivity index (χ2n) is 7.92. The van der Waals surface area contributed by atoms with E-state index in [4.69, 9.17) is 5.41 Å². The first-order valence-corrected chi connectivity index (χ1v) is 9.77. The van der Waals surface area contributed by atoms with Crippen molar-refractivity contribution in [3.8, 4) is 18.2 Å². The zero-order valence-electron chi connectivity index (χ0n) is 16.1. The van der Waals surface area contributed by atoms with E-state index in [0.29, 0.717) is 29.9 Å². The molecule has 7 heteroatoms. The highest BCUT2D eigenvalue weighted by molar-refractivity contribution is 6.16. The number of nitrogens with one attached hydrogen (secondary N) is 3. The van der Waals surface area contributed by atoms with Crippen LogP contribution < -0.4 is 10.2 Å². The number of benzene rings is 1. The van der Waals surface area contributed by atoms with Crippen molar-refractivity contribution < 1.29 is 9.69 Å². The highest BCUT2D eigenvalue weighted by Gasteiger charge is 2.73. The summed E-state index contributed by atoms with van der Waals surface area (Å²) in [5.41, 5.74) is -2.03. The minimum atomic E-state index is -2.04. The van der Waals surface area contributed by atoms with Crippen molar-refractivity contribution in [2.45, 2.75) is 18.8 Å². The van der Waals surface area contributed by atoms with Gasteiger partial charge >= 0.3 is 0 Å². The Morgan fingerprint density at radius 2 is 2.00 bits per heavy atom. The molecule has 0 aromatic heterocycles. The molecule has 2 aliphatic heterocycles. The van der Waals surface area contributed by atoms with Crippen LogP contribution >= 0.6 is 0 Å². The largest absolute Gasteiger partial charge is 0.331 e. The number of para-hydroxylation sites is 1. The zero-order chi connectivity index (χ0) is 20.8. The minimum absolute atomic E-state index is 0.293. The van der Waals surface area contributed by atoms with E-state index >= 15 is 0 Å². The number of quaternary nitrogens is 1. The summed E-state index contributed by atoms with van der Waals surface area (Å²) in [5, 5.41) is 41.9. The summed E-state index contributed by atoms with van der Waals surface area (Å²) >= 11 is 0. The van der Waals surface area contributed by atoms with Gasteiger partial charge in [-0.25, -0.2) is 0 Å². The van der Waals surface area contributed by atoms with Crippen LogP contribution in [0.2, 0.25) is 0 Å². The highest BCUT2D eigenvalue weighted by Crippen LogP contribution is 2.60. The Morgan fingerprint density at radius 1 is 1.28 bits per heavy atom. The molecule has 7 nitrogen and oxygen atoms in total. The van der Waals surface area contributed by atoms with E-state index in [1.807, 2.05) is 18.2 Å². The minimum Gasteiger partial charge on any atom is -0.331 e. The van der Waals surface area contributed by atoms with E-state index in [2.05, 4.69) is 18.3 Å². The third kappa shape index (κ3) is 2.13. The standard InChI is InChI=1S/C22H20N6O/c1-2-8-28-9-7-14-15(10-23)19(26)21(12-24,13-25)22(17(14)11-28)16-5-3-4-6-18(16)27-20(22)29/h3-7,15,17,26H,2,8-9,11H2,1H3,(H,27,29)/p+1/t15?,17-,22-/m1/s1. The number of nitriles is 3. The number of carbonyl (C=O) groups excluding carboxylic acids is 1. The van der Waals surface area contributed by atoms with Crippen molar-refractivity contribution in [3.05, 3.63) is 41.5 Å². The van der Waals surface area contributed by atoms with Crippen LogP contribution in [0, 0.1) is 56.7 Å². The molecule has 1 spiro atoms. The lowest BCUT2D eigenvalue weighted by Gasteiger charge is -2.51. The summed E-state index contributed by atoms with van der Waals surface area (Å²) in [6.07, 6.45) is 2.91. The molecule has 2 heterocycles.